The van der Waals surface area contributed by atoms with Gasteiger partial charge in [-0.2, -0.15) is 9.40 Å². The van der Waals surface area contributed by atoms with Gasteiger partial charge in [0.15, 0.2) is 5.03 Å². The maximum Gasteiger partial charge on any atom is 0.260 e. The van der Waals surface area contributed by atoms with Crippen molar-refractivity contribution in [2.24, 2.45) is 5.92 Å². The van der Waals surface area contributed by atoms with Crippen LogP contribution in [0.3, 0.4) is 0 Å². The van der Waals surface area contributed by atoms with Crippen molar-refractivity contribution in [3.63, 3.8) is 0 Å². The number of aromatic amines is 1. The van der Waals surface area contributed by atoms with E-state index in [0.29, 0.717) is 18.0 Å². The average molecular weight is 280 g/mol. The average Bonchev–Trinajstić information content (AvgIpc) is 2.74. The SMILES string of the molecule is CC(C)CCN(C)S(=O)(=O)c1[nH]ncc1CCl. The topological polar surface area (TPSA) is 66.1 Å². The third-order valence-electron chi connectivity index (χ3n) is 2.51. The van der Waals surface area contributed by atoms with Gasteiger partial charge in [-0.05, 0) is 12.3 Å². The zero-order valence-corrected chi connectivity index (χ0v) is 11.8. The van der Waals surface area contributed by atoms with Gasteiger partial charge in [-0.1, -0.05) is 13.8 Å². The van der Waals surface area contributed by atoms with Crippen LogP contribution in [0.1, 0.15) is 25.8 Å². The molecule has 0 spiro atoms. The van der Waals surface area contributed by atoms with E-state index in [4.69, 9.17) is 11.6 Å². The van der Waals surface area contributed by atoms with Crippen LogP contribution in [0.4, 0.5) is 0 Å². The van der Waals surface area contributed by atoms with Gasteiger partial charge in [-0.25, -0.2) is 8.42 Å². The first kappa shape index (κ1) is 14.5. The maximum absolute atomic E-state index is 12.2. The summed E-state index contributed by atoms with van der Waals surface area (Å²) in [5.41, 5.74) is 0.503. The number of sulfonamides is 1. The molecule has 0 radical (unpaired) electrons. The van der Waals surface area contributed by atoms with Gasteiger partial charge in [0, 0.05) is 19.2 Å². The Morgan fingerprint density at radius 2 is 2.18 bits per heavy atom. The molecule has 0 unspecified atom stereocenters. The largest absolute Gasteiger partial charge is 0.266 e. The van der Waals surface area contributed by atoms with E-state index < -0.39 is 10.0 Å². The summed E-state index contributed by atoms with van der Waals surface area (Å²) in [6.07, 6.45) is 2.26. The lowest BCUT2D eigenvalue weighted by molar-refractivity contribution is 0.426. The van der Waals surface area contributed by atoms with Crippen LogP contribution in [0.25, 0.3) is 0 Å². The molecule has 17 heavy (non-hydrogen) atoms. The van der Waals surface area contributed by atoms with E-state index in [1.165, 1.54) is 10.5 Å². The number of nitrogens with one attached hydrogen (secondary N) is 1. The van der Waals surface area contributed by atoms with Crippen molar-refractivity contribution >= 4 is 21.6 Å². The summed E-state index contributed by atoms with van der Waals surface area (Å²) in [5.74, 6) is 0.588. The minimum atomic E-state index is -3.50. The number of hydrogen-bond acceptors (Lipinski definition) is 3. The lowest BCUT2D eigenvalue weighted by atomic mass is 10.1. The zero-order valence-electron chi connectivity index (χ0n) is 10.3. The molecule has 1 N–H and O–H groups in total. The van der Waals surface area contributed by atoms with Gasteiger partial charge in [0.05, 0.1) is 12.1 Å². The predicted molar refractivity (Wildman–Crippen MR) is 67.4 cm³/mol. The molecule has 0 aromatic carbocycles. The van der Waals surface area contributed by atoms with Crippen molar-refractivity contribution in [1.29, 1.82) is 0 Å². The van der Waals surface area contributed by atoms with Crippen LogP contribution in [0, 0.1) is 5.92 Å². The summed E-state index contributed by atoms with van der Waals surface area (Å²) in [6.45, 7) is 4.60. The molecule has 0 aliphatic carbocycles. The molecular weight excluding hydrogens is 262 g/mol. The number of aromatic nitrogens is 2. The number of hydrogen-bond donors (Lipinski definition) is 1. The quantitative estimate of drug-likeness (QED) is 0.808. The molecule has 0 saturated heterocycles. The third kappa shape index (κ3) is 3.43. The molecule has 0 aliphatic heterocycles. The summed E-state index contributed by atoms with van der Waals surface area (Å²) in [5, 5.41) is 6.32. The lowest BCUT2D eigenvalue weighted by Gasteiger charge is -2.17. The van der Waals surface area contributed by atoms with E-state index in [9.17, 15) is 8.42 Å². The summed E-state index contributed by atoms with van der Waals surface area (Å²) < 4.78 is 25.7. The molecule has 0 bridgehead atoms. The van der Waals surface area contributed by atoms with Gasteiger partial charge < -0.3 is 0 Å². The smallest absolute Gasteiger partial charge is 0.260 e. The molecule has 1 rings (SSSR count). The van der Waals surface area contributed by atoms with Gasteiger partial charge in [-0.3, -0.25) is 5.10 Å². The number of halogens is 1. The third-order valence-corrected chi connectivity index (χ3v) is 4.67. The van der Waals surface area contributed by atoms with Gasteiger partial charge >= 0.3 is 0 Å². The minimum Gasteiger partial charge on any atom is -0.266 e. The van der Waals surface area contributed by atoms with Crippen LogP contribution in [-0.4, -0.2) is 36.5 Å². The van der Waals surface area contributed by atoms with Crippen LogP contribution in [-0.2, 0) is 15.9 Å². The molecule has 7 heteroatoms. The van der Waals surface area contributed by atoms with Crippen molar-refractivity contribution in [3.8, 4) is 0 Å². The van der Waals surface area contributed by atoms with Crippen LogP contribution in [0.2, 0.25) is 0 Å². The molecule has 5 nitrogen and oxygen atoms in total. The summed E-state index contributed by atoms with van der Waals surface area (Å²) in [4.78, 5) is 0. The van der Waals surface area contributed by atoms with E-state index in [1.54, 1.807) is 7.05 Å². The van der Waals surface area contributed by atoms with E-state index >= 15 is 0 Å². The van der Waals surface area contributed by atoms with Gasteiger partial charge in [0.1, 0.15) is 0 Å². The van der Waals surface area contributed by atoms with E-state index in [1.807, 2.05) is 0 Å². The molecule has 98 valence electrons. The first-order valence-corrected chi connectivity index (χ1v) is 7.41. The Hall–Kier alpha value is -0.590. The van der Waals surface area contributed by atoms with Crippen molar-refractivity contribution in [3.05, 3.63) is 11.8 Å². The molecule has 1 aromatic heterocycles. The molecular formula is C10H18ClN3O2S. The van der Waals surface area contributed by atoms with Gasteiger partial charge in [0.25, 0.3) is 10.0 Å². The van der Waals surface area contributed by atoms with E-state index in [-0.39, 0.29) is 10.9 Å². The molecule has 0 atom stereocenters. The number of alkyl halides is 1. The van der Waals surface area contributed by atoms with Crippen LogP contribution >= 0.6 is 11.6 Å². The van der Waals surface area contributed by atoms with Crippen molar-refractivity contribution < 1.29 is 8.42 Å². The van der Waals surface area contributed by atoms with Crippen LogP contribution in [0.5, 0.6) is 0 Å². The molecule has 0 aliphatic rings. The van der Waals surface area contributed by atoms with Crippen molar-refractivity contribution in [2.45, 2.75) is 31.2 Å². The Balaban J connectivity index is 2.88. The highest BCUT2D eigenvalue weighted by Gasteiger charge is 2.25. The lowest BCUT2D eigenvalue weighted by Crippen LogP contribution is -2.29. The number of nitrogens with zero attached hydrogens (tertiary/aromatic N) is 2. The Morgan fingerprint density at radius 1 is 1.53 bits per heavy atom. The Labute approximate surface area is 107 Å². The van der Waals surface area contributed by atoms with Crippen molar-refractivity contribution in [2.75, 3.05) is 13.6 Å². The Bertz CT molecular complexity index is 456. The second-order valence-electron chi connectivity index (χ2n) is 4.37. The summed E-state index contributed by atoms with van der Waals surface area (Å²) in [7, 11) is -1.94. The molecule has 1 aromatic rings. The fraction of sp³-hybridized carbons (Fsp3) is 0.700. The molecule has 0 fully saturated rings. The summed E-state index contributed by atoms with van der Waals surface area (Å²) >= 11 is 5.67. The predicted octanol–water partition coefficient (Wildman–Crippen LogP) is 1.82. The molecule has 0 saturated carbocycles. The standard InChI is InChI=1S/C10H18ClN3O2S/c1-8(2)4-5-14(3)17(15,16)10-9(6-11)7-12-13-10/h7-8H,4-6H2,1-3H3,(H,12,13). The molecule has 1 heterocycles. The fourth-order valence-corrected chi connectivity index (χ4v) is 2.90. The fourth-order valence-electron chi connectivity index (χ4n) is 1.33. The first-order chi connectivity index (χ1) is 7.89. The second-order valence-corrected chi connectivity index (χ2v) is 6.62. The van der Waals surface area contributed by atoms with E-state index in [2.05, 4.69) is 24.0 Å². The second kappa shape index (κ2) is 5.84. The van der Waals surface area contributed by atoms with E-state index in [0.717, 1.165) is 6.42 Å². The normalized spacial score (nSPS) is 12.6. The minimum absolute atomic E-state index is 0.0961. The Morgan fingerprint density at radius 3 is 2.71 bits per heavy atom. The maximum atomic E-state index is 12.2. The zero-order chi connectivity index (χ0) is 13.1. The highest BCUT2D eigenvalue weighted by molar-refractivity contribution is 7.89. The highest BCUT2D eigenvalue weighted by Crippen LogP contribution is 2.18. The Kier molecular flexibility index (Phi) is 4.97. The van der Waals surface area contributed by atoms with Gasteiger partial charge in [0.2, 0.25) is 0 Å². The highest BCUT2D eigenvalue weighted by atomic mass is 35.5. The number of rotatable bonds is 6. The van der Waals surface area contributed by atoms with Crippen LogP contribution in [0.15, 0.2) is 11.2 Å². The van der Waals surface area contributed by atoms with Crippen LogP contribution < -0.4 is 0 Å². The first-order valence-electron chi connectivity index (χ1n) is 5.44. The van der Waals surface area contributed by atoms with Crippen molar-refractivity contribution in [1.82, 2.24) is 14.5 Å². The number of H-pyrrole nitrogens is 1. The molecule has 0 amide bonds. The summed E-state index contributed by atoms with van der Waals surface area (Å²) in [6, 6.07) is 0. The van der Waals surface area contributed by atoms with Gasteiger partial charge in [-0.15, -0.1) is 11.6 Å². The monoisotopic (exact) mass is 279 g/mol.